The lowest BCUT2D eigenvalue weighted by atomic mass is 9.99. The van der Waals surface area contributed by atoms with E-state index in [9.17, 15) is 5.21 Å². The quantitative estimate of drug-likeness (QED) is 0.504. The number of nitrogens with one attached hydrogen (secondary N) is 1. The first-order valence-corrected chi connectivity index (χ1v) is 5.37. The van der Waals surface area contributed by atoms with Gasteiger partial charge in [0, 0.05) is 0 Å². The predicted octanol–water partition coefficient (Wildman–Crippen LogP) is 1.50. The highest BCUT2D eigenvalue weighted by molar-refractivity contribution is 4.61. The van der Waals surface area contributed by atoms with E-state index in [1.54, 1.807) is 0 Å². The van der Waals surface area contributed by atoms with Crippen molar-refractivity contribution in [2.75, 3.05) is 6.54 Å². The van der Waals surface area contributed by atoms with Crippen LogP contribution in [0.3, 0.4) is 0 Å². The molecule has 1 saturated heterocycles. The normalized spacial score (nSPS) is 30.5. The zero-order valence-corrected chi connectivity index (χ0v) is 8.14. The van der Waals surface area contributed by atoms with Gasteiger partial charge in [-0.05, 0) is 32.1 Å². The second-order valence-electron chi connectivity index (χ2n) is 3.90. The van der Waals surface area contributed by atoms with Gasteiger partial charge in [-0.3, -0.25) is 0 Å². The molecule has 2 atom stereocenters. The maximum absolute atomic E-state index is 11.4. The summed E-state index contributed by atoms with van der Waals surface area (Å²) in [5.74, 6) is 0. The van der Waals surface area contributed by atoms with Crippen molar-refractivity contribution in [3.8, 4) is 0 Å². The molecule has 1 fully saturated rings. The Kier molecular flexibility index (Phi) is 4.62. The number of quaternary nitrogens is 1. The molecule has 0 saturated carbocycles. The Bertz CT molecular complexity index is 116. The van der Waals surface area contributed by atoms with Crippen molar-refractivity contribution in [3.05, 3.63) is 5.21 Å². The number of rotatable bonds is 4. The zero-order chi connectivity index (χ0) is 8.81. The van der Waals surface area contributed by atoms with Crippen molar-refractivity contribution in [1.82, 2.24) is 0 Å². The van der Waals surface area contributed by atoms with Gasteiger partial charge in [-0.25, -0.2) is 0 Å². The second kappa shape index (κ2) is 5.55. The minimum absolute atomic E-state index is 0.435. The van der Waals surface area contributed by atoms with Gasteiger partial charge in [0.2, 0.25) is 0 Å². The van der Waals surface area contributed by atoms with E-state index >= 15 is 0 Å². The molecule has 2 heteroatoms. The summed E-state index contributed by atoms with van der Waals surface area (Å²) in [5, 5.41) is 11.9. The maximum atomic E-state index is 11.4. The summed E-state index contributed by atoms with van der Waals surface area (Å²) in [5.41, 5.74) is 0. The van der Waals surface area contributed by atoms with E-state index in [-0.39, 0.29) is 0 Å². The van der Waals surface area contributed by atoms with Crippen molar-refractivity contribution >= 4 is 0 Å². The molecule has 72 valence electrons. The first kappa shape index (κ1) is 10.0. The van der Waals surface area contributed by atoms with E-state index in [1.807, 2.05) is 0 Å². The molecule has 1 aliphatic heterocycles. The van der Waals surface area contributed by atoms with Crippen LogP contribution in [-0.4, -0.2) is 12.6 Å². The largest absolute Gasteiger partial charge is 0.634 e. The summed E-state index contributed by atoms with van der Waals surface area (Å²) >= 11 is 0. The number of hydrogen-bond acceptors (Lipinski definition) is 1. The molecule has 2 nitrogen and oxygen atoms in total. The van der Waals surface area contributed by atoms with Crippen LogP contribution in [0.25, 0.3) is 0 Å². The Morgan fingerprint density at radius 1 is 1.33 bits per heavy atom. The summed E-state index contributed by atoms with van der Waals surface area (Å²) in [6.45, 7) is 3.07. The Balaban J connectivity index is 2.11. The molecule has 0 amide bonds. The van der Waals surface area contributed by atoms with Crippen molar-refractivity contribution in [2.24, 2.45) is 0 Å². The average molecular weight is 171 g/mol. The van der Waals surface area contributed by atoms with E-state index in [0.29, 0.717) is 11.1 Å². The van der Waals surface area contributed by atoms with Crippen molar-refractivity contribution in [3.63, 3.8) is 0 Å². The SMILES string of the molecule is CCCCCC1CCCC[NH+]1[O-]. The van der Waals surface area contributed by atoms with E-state index in [0.717, 1.165) is 19.4 Å². The highest BCUT2D eigenvalue weighted by Crippen LogP contribution is 2.10. The minimum atomic E-state index is 0.435. The van der Waals surface area contributed by atoms with Crippen LogP contribution in [0.5, 0.6) is 0 Å². The van der Waals surface area contributed by atoms with E-state index in [2.05, 4.69) is 6.92 Å². The van der Waals surface area contributed by atoms with Gasteiger partial charge in [-0.1, -0.05) is 19.8 Å². The first-order chi connectivity index (χ1) is 5.84. The van der Waals surface area contributed by atoms with Crippen LogP contribution in [0.15, 0.2) is 0 Å². The lowest BCUT2D eigenvalue weighted by Gasteiger charge is -2.35. The summed E-state index contributed by atoms with van der Waals surface area (Å²) < 4.78 is 0. The molecule has 12 heavy (non-hydrogen) atoms. The second-order valence-corrected chi connectivity index (χ2v) is 3.90. The molecule has 0 aromatic heterocycles. The van der Waals surface area contributed by atoms with Gasteiger partial charge in [0.05, 0.1) is 12.6 Å². The Labute approximate surface area is 75.5 Å². The van der Waals surface area contributed by atoms with Gasteiger partial charge in [0.25, 0.3) is 0 Å². The van der Waals surface area contributed by atoms with Crippen LogP contribution in [0.4, 0.5) is 0 Å². The Hall–Kier alpha value is -0.0800. The summed E-state index contributed by atoms with van der Waals surface area (Å²) in [4.78, 5) is 0. The van der Waals surface area contributed by atoms with Gasteiger partial charge >= 0.3 is 0 Å². The zero-order valence-electron chi connectivity index (χ0n) is 8.14. The van der Waals surface area contributed by atoms with Crippen molar-refractivity contribution in [2.45, 2.75) is 57.9 Å². The first-order valence-electron chi connectivity index (χ1n) is 5.37. The lowest BCUT2D eigenvalue weighted by Crippen LogP contribution is -3.12. The summed E-state index contributed by atoms with van der Waals surface area (Å²) in [6.07, 6.45) is 8.57. The molecule has 1 rings (SSSR count). The Morgan fingerprint density at radius 2 is 2.17 bits per heavy atom. The topological polar surface area (TPSA) is 27.5 Å². The molecule has 1 aliphatic rings. The van der Waals surface area contributed by atoms with E-state index in [4.69, 9.17) is 0 Å². The Morgan fingerprint density at radius 3 is 2.83 bits per heavy atom. The van der Waals surface area contributed by atoms with Gasteiger partial charge in [0.15, 0.2) is 0 Å². The highest BCUT2D eigenvalue weighted by Gasteiger charge is 2.18. The fourth-order valence-electron chi connectivity index (χ4n) is 2.00. The molecular weight excluding hydrogens is 150 g/mol. The average Bonchev–Trinajstić information content (AvgIpc) is 2.09. The van der Waals surface area contributed by atoms with Crippen LogP contribution >= 0.6 is 0 Å². The highest BCUT2D eigenvalue weighted by atomic mass is 16.5. The molecule has 0 aliphatic carbocycles. The fraction of sp³-hybridized carbons (Fsp3) is 1.00. The third-order valence-corrected chi connectivity index (χ3v) is 2.84. The number of hydroxylamine groups is 2. The van der Waals surface area contributed by atoms with E-state index in [1.165, 1.54) is 32.1 Å². The van der Waals surface area contributed by atoms with Crippen molar-refractivity contribution < 1.29 is 5.06 Å². The van der Waals surface area contributed by atoms with Crippen LogP contribution in [0, 0.1) is 5.21 Å². The molecule has 0 aromatic rings. The molecule has 1 N–H and O–H groups in total. The summed E-state index contributed by atoms with van der Waals surface area (Å²) in [6, 6.07) is 0.435. The third-order valence-electron chi connectivity index (χ3n) is 2.84. The molecule has 0 spiro atoms. The molecule has 1 heterocycles. The minimum Gasteiger partial charge on any atom is -0.634 e. The monoisotopic (exact) mass is 171 g/mol. The number of piperidine rings is 1. The van der Waals surface area contributed by atoms with Crippen LogP contribution in [-0.2, 0) is 0 Å². The number of hydrogen-bond donors (Lipinski definition) is 1. The van der Waals surface area contributed by atoms with Gasteiger partial charge in [-0.2, -0.15) is 0 Å². The summed E-state index contributed by atoms with van der Waals surface area (Å²) in [7, 11) is 0. The van der Waals surface area contributed by atoms with Crippen LogP contribution < -0.4 is 5.06 Å². The molecule has 0 aromatic carbocycles. The van der Waals surface area contributed by atoms with Gasteiger partial charge in [-0.15, -0.1) is 0 Å². The molecule has 0 bridgehead atoms. The van der Waals surface area contributed by atoms with E-state index < -0.39 is 0 Å². The molecular formula is C10H21NO. The lowest BCUT2D eigenvalue weighted by molar-refractivity contribution is -0.881. The number of unbranched alkanes of at least 4 members (excludes halogenated alkanes) is 2. The molecule has 2 unspecified atom stereocenters. The van der Waals surface area contributed by atoms with Gasteiger partial charge in [0.1, 0.15) is 0 Å². The van der Waals surface area contributed by atoms with Crippen LogP contribution in [0.1, 0.15) is 51.9 Å². The standard InChI is InChI=1S/C10H21NO/c1-2-3-4-7-10-8-5-6-9-11(10)12/h10-11H,2-9H2,1H3. The smallest absolute Gasteiger partial charge is 0.0871 e. The van der Waals surface area contributed by atoms with Gasteiger partial charge < -0.3 is 10.3 Å². The predicted molar refractivity (Wildman–Crippen MR) is 51.0 cm³/mol. The maximum Gasteiger partial charge on any atom is 0.0871 e. The van der Waals surface area contributed by atoms with Crippen LogP contribution in [0.2, 0.25) is 0 Å². The molecule has 0 radical (unpaired) electrons. The third kappa shape index (κ3) is 3.11. The van der Waals surface area contributed by atoms with Crippen molar-refractivity contribution in [1.29, 1.82) is 0 Å². The fourth-order valence-corrected chi connectivity index (χ4v) is 2.00.